The second-order valence-electron chi connectivity index (χ2n) is 6.77. The average molecular weight is 375 g/mol. The summed E-state index contributed by atoms with van der Waals surface area (Å²) in [7, 11) is 0. The van der Waals surface area contributed by atoms with Gasteiger partial charge in [0.1, 0.15) is 12.4 Å². The van der Waals surface area contributed by atoms with Gasteiger partial charge in [-0.15, -0.1) is 10.2 Å². The van der Waals surface area contributed by atoms with Gasteiger partial charge in [0.15, 0.2) is 0 Å². The first-order chi connectivity index (χ1) is 13.6. The van der Waals surface area contributed by atoms with E-state index in [1.54, 1.807) is 4.40 Å². The molecule has 1 amide bonds. The number of hydrogen-bond donors (Lipinski definition) is 1. The van der Waals surface area contributed by atoms with Gasteiger partial charge in [-0.3, -0.25) is 18.6 Å². The number of aryl methyl sites for hydroxylation is 2. The molecule has 0 fully saturated rings. The second-order valence-corrected chi connectivity index (χ2v) is 6.77. The molecule has 0 saturated carbocycles. The highest BCUT2D eigenvalue weighted by Crippen LogP contribution is 2.17. The normalized spacial score (nSPS) is 11.2. The Morgan fingerprint density at radius 3 is 2.50 bits per heavy atom. The third-order valence-electron chi connectivity index (χ3n) is 4.77. The average Bonchev–Trinajstić information content (AvgIpc) is 3.11. The van der Waals surface area contributed by atoms with Crippen LogP contribution in [0.25, 0.3) is 16.7 Å². The van der Waals surface area contributed by atoms with Gasteiger partial charge in [-0.2, -0.15) is 0 Å². The second kappa shape index (κ2) is 7.26. The number of fused-ring (bicyclic) bond motifs is 3. The third kappa shape index (κ3) is 3.05. The Morgan fingerprint density at radius 1 is 1.04 bits per heavy atom. The van der Waals surface area contributed by atoms with E-state index < -0.39 is 0 Å². The van der Waals surface area contributed by atoms with Crippen LogP contribution in [-0.2, 0) is 17.8 Å². The summed E-state index contributed by atoms with van der Waals surface area (Å²) < 4.78 is 3.26. The topological polar surface area (TPSA) is 81.3 Å². The van der Waals surface area contributed by atoms with Gasteiger partial charge in [-0.1, -0.05) is 37.3 Å². The number of nitrogens with one attached hydrogen (secondary N) is 1. The lowest BCUT2D eigenvalue weighted by molar-refractivity contribution is -0.116. The van der Waals surface area contributed by atoms with Crippen LogP contribution in [0.1, 0.15) is 24.7 Å². The van der Waals surface area contributed by atoms with E-state index in [-0.39, 0.29) is 23.7 Å². The highest BCUT2D eigenvalue weighted by molar-refractivity contribution is 5.92. The molecule has 0 radical (unpaired) electrons. The number of rotatable bonds is 5. The van der Waals surface area contributed by atoms with Crippen molar-refractivity contribution in [2.45, 2.75) is 33.2 Å². The molecule has 2 aromatic carbocycles. The lowest BCUT2D eigenvalue weighted by atomic mass is 10.2. The zero-order chi connectivity index (χ0) is 19.7. The van der Waals surface area contributed by atoms with Crippen LogP contribution >= 0.6 is 0 Å². The first-order valence-electron chi connectivity index (χ1n) is 9.31. The van der Waals surface area contributed by atoms with Crippen molar-refractivity contribution in [3.05, 3.63) is 70.3 Å². The molecule has 1 N–H and O–H groups in total. The number of amides is 1. The van der Waals surface area contributed by atoms with Crippen LogP contribution in [0, 0.1) is 6.92 Å². The molecule has 0 saturated heterocycles. The molecule has 7 nitrogen and oxygen atoms in total. The summed E-state index contributed by atoms with van der Waals surface area (Å²) in [5, 5.41) is 11.2. The van der Waals surface area contributed by atoms with Crippen molar-refractivity contribution in [2.24, 2.45) is 0 Å². The van der Waals surface area contributed by atoms with Crippen LogP contribution in [0.4, 0.5) is 5.69 Å². The van der Waals surface area contributed by atoms with Gasteiger partial charge in [0, 0.05) is 12.1 Å². The fourth-order valence-corrected chi connectivity index (χ4v) is 3.41. The van der Waals surface area contributed by atoms with Crippen molar-refractivity contribution < 1.29 is 4.79 Å². The van der Waals surface area contributed by atoms with Crippen LogP contribution < -0.4 is 10.9 Å². The molecule has 4 rings (SSSR count). The Kier molecular flexibility index (Phi) is 4.65. The van der Waals surface area contributed by atoms with Crippen molar-refractivity contribution in [1.82, 2.24) is 19.2 Å². The number of benzene rings is 2. The molecular weight excluding hydrogens is 354 g/mol. The maximum Gasteiger partial charge on any atom is 0.297 e. The van der Waals surface area contributed by atoms with Crippen molar-refractivity contribution in [1.29, 1.82) is 0 Å². The van der Waals surface area contributed by atoms with Gasteiger partial charge in [0.2, 0.25) is 11.6 Å². The molecule has 0 atom stereocenters. The SMILES string of the molecule is CCCc1nnc2c(=O)n(CC(=O)Nc3ccccc3C)c3ccccc3n12. The fourth-order valence-electron chi connectivity index (χ4n) is 3.41. The minimum Gasteiger partial charge on any atom is -0.324 e. The molecule has 7 heteroatoms. The molecule has 2 heterocycles. The summed E-state index contributed by atoms with van der Waals surface area (Å²) in [5.41, 5.74) is 3.11. The van der Waals surface area contributed by atoms with Crippen molar-refractivity contribution in [2.75, 3.05) is 5.32 Å². The monoisotopic (exact) mass is 375 g/mol. The highest BCUT2D eigenvalue weighted by Gasteiger charge is 2.17. The smallest absolute Gasteiger partial charge is 0.297 e. The molecule has 0 aliphatic heterocycles. The van der Waals surface area contributed by atoms with Crippen molar-refractivity contribution in [3.8, 4) is 0 Å². The summed E-state index contributed by atoms with van der Waals surface area (Å²) in [5.74, 6) is 0.488. The van der Waals surface area contributed by atoms with Crippen molar-refractivity contribution >= 4 is 28.3 Å². The summed E-state index contributed by atoms with van der Waals surface area (Å²) in [6.07, 6.45) is 1.62. The Hall–Kier alpha value is -3.48. The zero-order valence-electron chi connectivity index (χ0n) is 15.8. The highest BCUT2D eigenvalue weighted by atomic mass is 16.2. The van der Waals surface area contributed by atoms with E-state index in [1.807, 2.05) is 55.5 Å². The third-order valence-corrected chi connectivity index (χ3v) is 4.77. The minimum atomic E-state index is -0.325. The molecule has 0 bridgehead atoms. The van der Waals surface area contributed by atoms with Crippen LogP contribution in [0.3, 0.4) is 0 Å². The summed E-state index contributed by atoms with van der Waals surface area (Å²) >= 11 is 0. The predicted molar refractivity (Wildman–Crippen MR) is 109 cm³/mol. The zero-order valence-corrected chi connectivity index (χ0v) is 15.8. The van der Waals surface area contributed by atoms with E-state index in [4.69, 9.17) is 0 Å². The first-order valence-corrected chi connectivity index (χ1v) is 9.31. The van der Waals surface area contributed by atoms with Crippen LogP contribution in [0.5, 0.6) is 0 Å². The van der Waals surface area contributed by atoms with E-state index in [0.29, 0.717) is 5.52 Å². The molecule has 0 aliphatic carbocycles. The van der Waals surface area contributed by atoms with E-state index in [9.17, 15) is 9.59 Å². The summed E-state index contributed by atoms with van der Waals surface area (Å²) in [6, 6.07) is 15.1. The van der Waals surface area contributed by atoms with E-state index >= 15 is 0 Å². The number of hydrogen-bond acceptors (Lipinski definition) is 4. The number of carbonyl (C=O) groups is 1. The Balaban J connectivity index is 1.80. The molecular formula is C21H21N5O2. The molecule has 4 aromatic rings. The van der Waals surface area contributed by atoms with Crippen LogP contribution in [-0.4, -0.2) is 25.1 Å². The molecule has 0 aliphatic rings. The maximum atomic E-state index is 13.1. The van der Waals surface area contributed by atoms with Gasteiger partial charge < -0.3 is 5.32 Å². The quantitative estimate of drug-likeness (QED) is 0.581. The fraction of sp³-hybridized carbons (Fsp3) is 0.238. The van der Waals surface area contributed by atoms with E-state index in [1.165, 1.54) is 4.57 Å². The summed E-state index contributed by atoms with van der Waals surface area (Å²) in [4.78, 5) is 25.7. The largest absolute Gasteiger partial charge is 0.324 e. The standard InChI is InChI=1S/C21H21N5O2/c1-3-8-18-23-24-20-21(28)25(16-11-6-7-12-17(16)26(18)20)13-19(27)22-15-10-5-4-9-14(15)2/h4-7,9-12H,3,8,13H2,1-2H3,(H,22,27). The number of para-hydroxylation sites is 3. The minimum absolute atomic E-state index is 0.0971. The summed E-state index contributed by atoms with van der Waals surface area (Å²) in [6.45, 7) is 3.88. The first kappa shape index (κ1) is 17.9. The predicted octanol–water partition coefficient (Wildman–Crippen LogP) is 2.94. The van der Waals surface area contributed by atoms with Crippen LogP contribution in [0.2, 0.25) is 0 Å². The van der Waals surface area contributed by atoms with Gasteiger partial charge in [-0.05, 0) is 37.1 Å². The van der Waals surface area contributed by atoms with Gasteiger partial charge in [0.25, 0.3) is 5.56 Å². The molecule has 2 aromatic heterocycles. The lowest BCUT2D eigenvalue weighted by Crippen LogP contribution is -2.29. The lowest BCUT2D eigenvalue weighted by Gasteiger charge is -2.13. The van der Waals surface area contributed by atoms with Crippen LogP contribution in [0.15, 0.2) is 53.3 Å². The number of nitrogens with zero attached hydrogens (tertiary/aromatic N) is 4. The Bertz CT molecular complexity index is 1240. The molecule has 0 spiro atoms. The molecule has 28 heavy (non-hydrogen) atoms. The maximum absolute atomic E-state index is 13.1. The number of anilines is 1. The van der Waals surface area contributed by atoms with Crippen molar-refractivity contribution in [3.63, 3.8) is 0 Å². The number of carbonyl (C=O) groups excluding carboxylic acids is 1. The van der Waals surface area contributed by atoms with E-state index in [2.05, 4.69) is 22.4 Å². The Morgan fingerprint density at radius 2 is 1.75 bits per heavy atom. The molecule has 142 valence electrons. The Labute approximate surface area is 161 Å². The van der Waals surface area contributed by atoms with E-state index in [0.717, 1.165) is 35.4 Å². The van der Waals surface area contributed by atoms with Gasteiger partial charge >= 0.3 is 0 Å². The number of aromatic nitrogens is 4. The molecule has 0 unspecified atom stereocenters. The van der Waals surface area contributed by atoms with Gasteiger partial charge in [0.05, 0.1) is 11.0 Å². The van der Waals surface area contributed by atoms with Gasteiger partial charge in [-0.25, -0.2) is 0 Å².